The summed E-state index contributed by atoms with van der Waals surface area (Å²) in [6.45, 7) is 0.754. The number of carboxylic acids is 1. The molecule has 3 heterocycles. The van der Waals surface area contributed by atoms with Gasteiger partial charge in [0.1, 0.15) is 30.5 Å². The number of amides is 2. The minimum Gasteiger partial charge on any atom is -0.477 e. The molecule has 1 aromatic heterocycles. The smallest absolute Gasteiger partial charge is 0.352 e. The summed E-state index contributed by atoms with van der Waals surface area (Å²) in [5.41, 5.74) is 5.38. The van der Waals surface area contributed by atoms with Gasteiger partial charge in [0.25, 0.3) is 5.91 Å². The van der Waals surface area contributed by atoms with Crippen molar-refractivity contribution in [3.63, 3.8) is 0 Å². The summed E-state index contributed by atoms with van der Waals surface area (Å²) in [4.78, 5) is 57.8. The number of thiazole rings is 1. The van der Waals surface area contributed by atoms with Gasteiger partial charge in [0.05, 0.1) is 11.8 Å². The Morgan fingerprint density at radius 3 is 2.73 bits per heavy atom. The van der Waals surface area contributed by atoms with Crippen molar-refractivity contribution in [3.05, 3.63) is 22.3 Å². The van der Waals surface area contributed by atoms with Crippen LogP contribution in [0, 0.1) is 0 Å². The van der Waals surface area contributed by atoms with Crippen molar-refractivity contribution in [2.75, 3.05) is 19.5 Å². The van der Waals surface area contributed by atoms with Crippen LogP contribution in [0.15, 0.2) is 21.8 Å². The first kappa shape index (κ1) is 21.6. The largest absolute Gasteiger partial charge is 0.477 e. The first-order valence-electron chi connectivity index (χ1n) is 8.43. The predicted molar refractivity (Wildman–Crippen MR) is 106 cm³/mol. The average molecular weight is 455 g/mol. The number of esters is 1. The molecule has 0 bridgehead atoms. The van der Waals surface area contributed by atoms with Gasteiger partial charge < -0.3 is 25.7 Å². The SMILES string of the molecule is CON=C(C(=O)NC1S[C@@H]2CC(=O)N2C(C(=O)O)=C1COC(C)=O)c1csc(N)n1. The number of anilines is 1. The van der Waals surface area contributed by atoms with E-state index in [-0.39, 0.29) is 40.1 Å². The molecule has 3 rings (SSSR count). The zero-order chi connectivity index (χ0) is 22.0. The number of thioether (sulfide) groups is 1. The summed E-state index contributed by atoms with van der Waals surface area (Å²) in [6.07, 6.45) is 0.121. The number of hydrogen-bond acceptors (Lipinski definition) is 11. The number of rotatable bonds is 7. The number of hydrogen-bond donors (Lipinski definition) is 3. The first-order chi connectivity index (χ1) is 14.2. The summed E-state index contributed by atoms with van der Waals surface area (Å²) in [5.74, 6) is -3.08. The number of nitrogens with two attached hydrogens (primary N) is 1. The number of carbonyl (C=O) groups is 4. The monoisotopic (exact) mass is 455 g/mol. The van der Waals surface area contributed by atoms with Crippen LogP contribution >= 0.6 is 23.1 Å². The average Bonchev–Trinajstić information content (AvgIpc) is 3.09. The van der Waals surface area contributed by atoms with E-state index in [9.17, 15) is 24.3 Å². The Hall–Kier alpha value is -3.13. The van der Waals surface area contributed by atoms with E-state index >= 15 is 0 Å². The number of aromatic nitrogens is 1. The molecule has 30 heavy (non-hydrogen) atoms. The third-order valence-corrected chi connectivity index (χ3v) is 6.16. The summed E-state index contributed by atoms with van der Waals surface area (Å²) in [7, 11) is 1.25. The molecule has 1 fully saturated rings. The molecule has 1 saturated heterocycles. The van der Waals surface area contributed by atoms with Gasteiger partial charge in [-0.3, -0.25) is 19.3 Å². The van der Waals surface area contributed by atoms with E-state index in [1.165, 1.54) is 12.5 Å². The maximum Gasteiger partial charge on any atom is 0.352 e. The lowest BCUT2D eigenvalue weighted by Gasteiger charge is -2.46. The van der Waals surface area contributed by atoms with Crippen molar-refractivity contribution in [1.82, 2.24) is 15.2 Å². The van der Waals surface area contributed by atoms with Gasteiger partial charge in [-0.15, -0.1) is 23.1 Å². The van der Waals surface area contributed by atoms with Gasteiger partial charge in [0, 0.05) is 17.9 Å². The number of nitrogens with zero attached hydrogens (tertiary/aromatic N) is 3. The maximum absolute atomic E-state index is 12.9. The highest BCUT2D eigenvalue weighted by Gasteiger charge is 2.49. The molecule has 2 aliphatic rings. The molecule has 2 amide bonds. The van der Waals surface area contributed by atoms with Crippen LogP contribution in [0.3, 0.4) is 0 Å². The molecule has 2 atom stereocenters. The third-order valence-electron chi connectivity index (χ3n) is 4.12. The summed E-state index contributed by atoms with van der Waals surface area (Å²) in [5, 5.41) is 16.4. The Morgan fingerprint density at radius 2 is 2.20 bits per heavy atom. The van der Waals surface area contributed by atoms with Crippen molar-refractivity contribution in [2.45, 2.75) is 24.1 Å². The molecule has 14 heteroatoms. The van der Waals surface area contributed by atoms with Crippen LogP contribution in [0.2, 0.25) is 0 Å². The summed E-state index contributed by atoms with van der Waals surface area (Å²) >= 11 is 2.26. The number of nitrogen functional groups attached to an aromatic ring is 1. The van der Waals surface area contributed by atoms with Gasteiger partial charge in [0.15, 0.2) is 10.8 Å². The highest BCUT2D eigenvalue weighted by molar-refractivity contribution is 8.00. The van der Waals surface area contributed by atoms with E-state index in [1.54, 1.807) is 0 Å². The number of aliphatic carboxylic acids is 1. The Kier molecular flexibility index (Phi) is 6.26. The molecular formula is C16H17N5O7S2. The molecule has 0 spiro atoms. The highest BCUT2D eigenvalue weighted by Crippen LogP contribution is 2.43. The van der Waals surface area contributed by atoms with Crippen LogP contribution in [-0.4, -0.2) is 68.9 Å². The highest BCUT2D eigenvalue weighted by atomic mass is 32.2. The summed E-state index contributed by atoms with van der Waals surface area (Å²) in [6, 6.07) is 0. The summed E-state index contributed by atoms with van der Waals surface area (Å²) < 4.78 is 4.97. The quantitative estimate of drug-likeness (QED) is 0.215. The molecule has 1 aromatic rings. The van der Waals surface area contributed by atoms with Gasteiger partial charge in [0.2, 0.25) is 5.91 Å². The van der Waals surface area contributed by atoms with E-state index in [0.29, 0.717) is 0 Å². The molecule has 2 aliphatic heterocycles. The molecule has 12 nitrogen and oxygen atoms in total. The fourth-order valence-corrected chi connectivity index (χ4v) is 4.81. The minimum absolute atomic E-state index is 0.0647. The first-order valence-corrected chi connectivity index (χ1v) is 10.3. The molecule has 4 N–H and O–H groups in total. The van der Waals surface area contributed by atoms with Gasteiger partial charge in [-0.25, -0.2) is 9.78 Å². The van der Waals surface area contributed by atoms with Crippen LogP contribution in [0.1, 0.15) is 19.0 Å². The van der Waals surface area contributed by atoms with Crippen molar-refractivity contribution in [3.8, 4) is 0 Å². The fourth-order valence-electron chi connectivity index (χ4n) is 2.85. The maximum atomic E-state index is 12.9. The molecule has 160 valence electrons. The second-order valence-corrected chi connectivity index (χ2v) is 8.24. The normalized spacial score (nSPS) is 20.9. The number of nitrogens with one attached hydrogen (secondary N) is 1. The van der Waals surface area contributed by atoms with Crippen molar-refractivity contribution >= 4 is 57.7 Å². The van der Waals surface area contributed by atoms with Gasteiger partial charge in [-0.2, -0.15) is 0 Å². The van der Waals surface area contributed by atoms with Gasteiger partial charge in [-0.05, 0) is 0 Å². The van der Waals surface area contributed by atoms with Gasteiger partial charge in [-0.1, -0.05) is 5.16 Å². The van der Waals surface area contributed by atoms with Crippen LogP contribution < -0.4 is 11.1 Å². The lowest BCUT2D eigenvalue weighted by atomic mass is 10.1. The Labute approximate surface area is 178 Å². The van der Waals surface area contributed by atoms with Crippen LogP contribution in [0.4, 0.5) is 5.13 Å². The van der Waals surface area contributed by atoms with E-state index in [1.807, 2.05) is 0 Å². The van der Waals surface area contributed by atoms with Crippen LogP contribution in [0.5, 0.6) is 0 Å². The van der Waals surface area contributed by atoms with Crippen LogP contribution in [0.25, 0.3) is 0 Å². The Morgan fingerprint density at radius 1 is 1.47 bits per heavy atom. The molecule has 1 unspecified atom stereocenters. The Balaban J connectivity index is 1.93. The molecule has 0 saturated carbocycles. The predicted octanol–water partition coefficient (Wildman–Crippen LogP) is -0.275. The number of ether oxygens (including phenoxy) is 1. The number of β-lactam (4-membered cyclic amide) rings is 1. The van der Waals surface area contributed by atoms with E-state index in [2.05, 4.69) is 15.5 Å². The van der Waals surface area contributed by atoms with E-state index < -0.39 is 35.2 Å². The second-order valence-electron chi connectivity index (χ2n) is 6.06. The van der Waals surface area contributed by atoms with E-state index in [4.69, 9.17) is 15.3 Å². The third kappa shape index (κ3) is 4.23. The number of carboxylic acid groups (broad SMARTS) is 1. The topological polar surface area (TPSA) is 174 Å². The van der Waals surface area contributed by atoms with E-state index in [0.717, 1.165) is 34.9 Å². The Bertz CT molecular complexity index is 973. The molecule has 0 aliphatic carbocycles. The van der Waals surface area contributed by atoms with Crippen molar-refractivity contribution in [2.24, 2.45) is 5.16 Å². The number of oxime groups is 1. The lowest BCUT2D eigenvalue weighted by molar-refractivity contribution is -0.146. The zero-order valence-electron chi connectivity index (χ0n) is 15.8. The standard InChI is InChI=1S/C16H17N5O7S2/c1-6(22)28-4-7-12(15(25)26)21-9(23)3-10(21)30-14(7)19-13(24)11(20-27-2)8-5-29-16(17)18-8/h5,10,14H,3-4H2,1-2H3,(H2,17,18)(H,19,24)(H,25,26)/t10-,14?/m1/s1. The van der Waals surface area contributed by atoms with Crippen molar-refractivity contribution in [1.29, 1.82) is 0 Å². The second kappa shape index (κ2) is 8.71. The molecule has 0 radical (unpaired) electrons. The number of fused-ring (bicyclic) bond motifs is 1. The molecule has 0 aromatic carbocycles. The zero-order valence-corrected chi connectivity index (χ0v) is 17.4. The number of carbonyl (C=O) groups excluding carboxylic acids is 3. The van der Waals surface area contributed by atoms with Gasteiger partial charge >= 0.3 is 11.9 Å². The molecular weight excluding hydrogens is 438 g/mol. The fraction of sp³-hybridized carbons (Fsp3) is 0.375. The lowest BCUT2D eigenvalue weighted by Crippen LogP contribution is -2.58. The van der Waals surface area contributed by atoms with Crippen LogP contribution in [-0.2, 0) is 28.8 Å². The minimum atomic E-state index is -1.37. The van der Waals surface area contributed by atoms with Crippen molar-refractivity contribution < 1.29 is 33.9 Å².